The van der Waals surface area contributed by atoms with Gasteiger partial charge in [0, 0.05) is 12.7 Å². The van der Waals surface area contributed by atoms with Crippen LogP contribution in [0.15, 0.2) is 30.5 Å². The van der Waals surface area contributed by atoms with Crippen LogP contribution in [-0.2, 0) is 0 Å². The van der Waals surface area contributed by atoms with E-state index in [1.165, 1.54) is 0 Å². The van der Waals surface area contributed by atoms with Crippen LogP contribution >= 0.6 is 0 Å². The van der Waals surface area contributed by atoms with Gasteiger partial charge in [0.05, 0.1) is 12.8 Å². The average Bonchev–Trinajstić information content (AvgIpc) is 2.53. The van der Waals surface area contributed by atoms with Gasteiger partial charge >= 0.3 is 0 Å². The molecule has 2 aromatic rings. The summed E-state index contributed by atoms with van der Waals surface area (Å²) in [7, 11) is 1.57. The number of nitrogens with one attached hydrogen (secondary N) is 2. The fourth-order valence-corrected chi connectivity index (χ4v) is 1.97. The number of rotatable bonds is 6. The summed E-state index contributed by atoms with van der Waals surface area (Å²) in [6, 6.07) is 7.18. The number of hydrogen-bond donors (Lipinski definition) is 2. The molecule has 0 fully saturated rings. The Morgan fingerprint density at radius 2 is 2.09 bits per heavy atom. The van der Waals surface area contributed by atoms with Crippen molar-refractivity contribution in [3.8, 4) is 5.75 Å². The molecule has 2 N–H and O–H groups in total. The molecule has 0 unspecified atom stereocenters. The molecule has 0 spiro atoms. The van der Waals surface area contributed by atoms with Crippen molar-refractivity contribution in [1.82, 2.24) is 9.97 Å². The minimum atomic E-state index is -0.302. The number of ether oxygens (including phenoxy) is 1. The van der Waals surface area contributed by atoms with Crippen molar-refractivity contribution in [3.05, 3.63) is 41.7 Å². The van der Waals surface area contributed by atoms with Crippen LogP contribution < -0.4 is 15.4 Å². The predicted octanol–water partition coefficient (Wildman–Crippen LogP) is 3.11. The molecule has 0 aliphatic heterocycles. The standard InChI is InChI=1S/C17H22N4O2/c1-11(2)10-19-17-18-8-7-13(21-17)16(22)20-14-9-12(3)5-6-15(14)23-4/h5-9,11H,10H2,1-4H3,(H,20,22)(H,18,19,21). The number of carbonyl (C=O) groups is 1. The highest BCUT2D eigenvalue weighted by Gasteiger charge is 2.12. The number of hydrogen-bond acceptors (Lipinski definition) is 5. The van der Waals surface area contributed by atoms with Gasteiger partial charge in [-0.25, -0.2) is 9.97 Å². The van der Waals surface area contributed by atoms with Crippen molar-refractivity contribution in [3.63, 3.8) is 0 Å². The normalized spacial score (nSPS) is 10.5. The van der Waals surface area contributed by atoms with Gasteiger partial charge in [0.15, 0.2) is 0 Å². The van der Waals surface area contributed by atoms with Crippen molar-refractivity contribution in [2.75, 3.05) is 24.3 Å². The fraction of sp³-hybridized carbons (Fsp3) is 0.353. The molecule has 0 aliphatic carbocycles. The number of carbonyl (C=O) groups excluding carboxylic acids is 1. The summed E-state index contributed by atoms with van der Waals surface area (Å²) in [5, 5.41) is 5.94. The number of methoxy groups -OCH3 is 1. The van der Waals surface area contributed by atoms with Gasteiger partial charge in [0.2, 0.25) is 5.95 Å². The molecule has 0 atom stereocenters. The summed E-state index contributed by atoms with van der Waals surface area (Å²) in [6.45, 7) is 6.88. The van der Waals surface area contributed by atoms with Crippen LogP contribution in [0, 0.1) is 12.8 Å². The molecular weight excluding hydrogens is 292 g/mol. The van der Waals surface area contributed by atoms with E-state index in [-0.39, 0.29) is 5.91 Å². The quantitative estimate of drug-likeness (QED) is 0.857. The van der Waals surface area contributed by atoms with E-state index in [1.54, 1.807) is 19.4 Å². The number of aromatic nitrogens is 2. The highest BCUT2D eigenvalue weighted by Crippen LogP contribution is 2.25. The second-order valence-electron chi connectivity index (χ2n) is 5.70. The van der Waals surface area contributed by atoms with Gasteiger partial charge in [-0.3, -0.25) is 4.79 Å². The number of amides is 1. The lowest BCUT2D eigenvalue weighted by atomic mass is 10.2. The van der Waals surface area contributed by atoms with E-state index >= 15 is 0 Å². The van der Waals surface area contributed by atoms with Gasteiger partial charge in [0.25, 0.3) is 5.91 Å². The third-order valence-electron chi connectivity index (χ3n) is 3.16. The van der Waals surface area contributed by atoms with E-state index in [0.717, 1.165) is 12.1 Å². The maximum absolute atomic E-state index is 12.4. The first-order valence-electron chi connectivity index (χ1n) is 7.52. The Labute approximate surface area is 136 Å². The van der Waals surface area contributed by atoms with Crippen LogP contribution in [0.4, 0.5) is 11.6 Å². The van der Waals surface area contributed by atoms with Crippen LogP contribution in [0.25, 0.3) is 0 Å². The van der Waals surface area contributed by atoms with Crippen LogP contribution in [-0.4, -0.2) is 29.5 Å². The highest BCUT2D eigenvalue weighted by molar-refractivity contribution is 6.03. The Kier molecular flexibility index (Phi) is 5.51. The van der Waals surface area contributed by atoms with Crippen molar-refractivity contribution < 1.29 is 9.53 Å². The Morgan fingerprint density at radius 3 is 2.78 bits per heavy atom. The van der Waals surface area contributed by atoms with Gasteiger partial charge < -0.3 is 15.4 Å². The first kappa shape index (κ1) is 16.7. The van der Waals surface area contributed by atoms with Crippen LogP contribution in [0.5, 0.6) is 5.75 Å². The van der Waals surface area contributed by atoms with Crippen LogP contribution in [0.2, 0.25) is 0 Å². The predicted molar refractivity (Wildman–Crippen MR) is 91.0 cm³/mol. The average molecular weight is 314 g/mol. The molecule has 0 saturated heterocycles. The molecule has 122 valence electrons. The molecule has 0 radical (unpaired) electrons. The molecular formula is C17H22N4O2. The maximum Gasteiger partial charge on any atom is 0.274 e. The minimum absolute atomic E-state index is 0.301. The molecule has 0 saturated carbocycles. The lowest BCUT2D eigenvalue weighted by Gasteiger charge is -2.11. The molecule has 1 aromatic heterocycles. The first-order valence-corrected chi connectivity index (χ1v) is 7.52. The largest absolute Gasteiger partial charge is 0.495 e. The van der Waals surface area contributed by atoms with Crippen molar-refractivity contribution in [2.45, 2.75) is 20.8 Å². The molecule has 2 rings (SSSR count). The van der Waals surface area contributed by atoms with Crippen molar-refractivity contribution >= 4 is 17.5 Å². The molecule has 1 heterocycles. The monoisotopic (exact) mass is 314 g/mol. The number of anilines is 2. The molecule has 6 nitrogen and oxygen atoms in total. The Balaban J connectivity index is 2.15. The van der Waals surface area contributed by atoms with Crippen molar-refractivity contribution in [1.29, 1.82) is 0 Å². The lowest BCUT2D eigenvalue weighted by Crippen LogP contribution is -2.17. The van der Waals surface area contributed by atoms with E-state index in [4.69, 9.17) is 4.74 Å². The third-order valence-corrected chi connectivity index (χ3v) is 3.16. The van der Waals surface area contributed by atoms with Crippen LogP contribution in [0.1, 0.15) is 29.9 Å². The molecule has 0 aliphatic rings. The number of aryl methyl sites for hydroxylation is 1. The summed E-state index contributed by atoms with van der Waals surface area (Å²) in [5.41, 5.74) is 1.95. The molecule has 23 heavy (non-hydrogen) atoms. The zero-order valence-electron chi connectivity index (χ0n) is 13.9. The van der Waals surface area contributed by atoms with Gasteiger partial charge in [-0.05, 0) is 36.6 Å². The second kappa shape index (κ2) is 7.58. The third kappa shape index (κ3) is 4.67. The minimum Gasteiger partial charge on any atom is -0.495 e. The lowest BCUT2D eigenvalue weighted by molar-refractivity contribution is 0.102. The topological polar surface area (TPSA) is 76.1 Å². The summed E-state index contributed by atoms with van der Waals surface area (Å²) in [5.74, 6) is 1.22. The van der Waals surface area contributed by atoms with Gasteiger partial charge in [-0.15, -0.1) is 0 Å². The number of nitrogens with zero attached hydrogens (tertiary/aromatic N) is 2. The second-order valence-corrected chi connectivity index (χ2v) is 5.70. The number of benzene rings is 1. The summed E-state index contributed by atoms with van der Waals surface area (Å²) in [4.78, 5) is 20.8. The SMILES string of the molecule is COc1ccc(C)cc1NC(=O)c1ccnc(NCC(C)C)n1. The van der Waals surface area contributed by atoms with Gasteiger partial charge in [0.1, 0.15) is 11.4 Å². The molecule has 6 heteroatoms. The molecule has 1 amide bonds. The van der Waals surface area contributed by atoms with Crippen LogP contribution in [0.3, 0.4) is 0 Å². The molecule has 1 aromatic carbocycles. The summed E-state index contributed by atoms with van der Waals surface area (Å²) >= 11 is 0. The zero-order valence-corrected chi connectivity index (χ0v) is 13.9. The smallest absolute Gasteiger partial charge is 0.274 e. The van der Waals surface area contributed by atoms with E-state index in [9.17, 15) is 4.79 Å². The maximum atomic E-state index is 12.4. The molecule has 0 bridgehead atoms. The Hall–Kier alpha value is -2.63. The zero-order chi connectivity index (χ0) is 16.8. The van der Waals surface area contributed by atoms with E-state index in [0.29, 0.717) is 29.0 Å². The summed E-state index contributed by atoms with van der Waals surface area (Å²) < 4.78 is 5.27. The van der Waals surface area contributed by atoms with Gasteiger partial charge in [-0.2, -0.15) is 0 Å². The summed E-state index contributed by atoms with van der Waals surface area (Å²) in [6.07, 6.45) is 1.57. The Morgan fingerprint density at radius 1 is 1.30 bits per heavy atom. The highest BCUT2D eigenvalue weighted by atomic mass is 16.5. The van der Waals surface area contributed by atoms with Crippen molar-refractivity contribution in [2.24, 2.45) is 5.92 Å². The first-order chi connectivity index (χ1) is 11.0. The van der Waals surface area contributed by atoms with Gasteiger partial charge in [-0.1, -0.05) is 19.9 Å². The fourth-order valence-electron chi connectivity index (χ4n) is 1.97. The Bertz CT molecular complexity index is 686. The van der Waals surface area contributed by atoms with E-state index in [1.807, 2.05) is 25.1 Å². The van der Waals surface area contributed by atoms with E-state index in [2.05, 4.69) is 34.4 Å². The van der Waals surface area contributed by atoms with E-state index < -0.39 is 0 Å².